The first-order valence-electron chi connectivity index (χ1n) is 10.2. The number of aromatic nitrogens is 2. The van der Waals surface area contributed by atoms with Gasteiger partial charge in [0, 0.05) is 0 Å². The van der Waals surface area contributed by atoms with Gasteiger partial charge in [-0.25, -0.2) is 0 Å². The van der Waals surface area contributed by atoms with Crippen molar-refractivity contribution in [1.29, 1.82) is 0 Å². The van der Waals surface area contributed by atoms with Gasteiger partial charge in [-0.15, -0.1) is 0 Å². The molecule has 1 fully saturated rings. The molecule has 0 unspecified atom stereocenters. The van der Waals surface area contributed by atoms with Gasteiger partial charge in [0.2, 0.25) is 0 Å². The van der Waals surface area contributed by atoms with E-state index in [1.54, 1.807) is 13.1 Å². The van der Waals surface area contributed by atoms with E-state index >= 15 is 0 Å². The zero-order valence-electron chi connectivity index (χ0n) is 18.1. The molecule has 1 aliphatic heterocycles. The summed E-state index contributed by atoms with van der Waals surface area (Å²) in [5, 5.41) is 0. The van der Waals surface area contributed by atoms with Gasteiger partial charge >= 0.3 is 183 Å². The molecule has 2 aromatic rings. The number of nitrogens with zero attached hydrogens (tertiary/aromatic N) is 1. The van der Waals surface area contributed by atoms with Gasteiger partial charge in [-0.2, -0.15) is 0 Å². The number of ether oxygens (including phenoxy) is 3. The molecule has 8 heteroatoms. The Morgan fingerprint density at radius 3 is 2.53 bits per heavy atom. The zero-order valence-corrected chi connectivity index (χ0v) is 19.8. The van der Waals surface area contributed by atoms with Crippen molar-refractivity contribution in [1.82, 2.24) is 9.55 Å². The molecule has 164 valence electrons. The van der Waals surface area contributed by atoms with Crippen LogP contribution in [0, 0.1) is 6.92 Å². The molecule has 3 rings (SSSR count). The van der Waals surface area contributed by atoms with Gasteiger partial charge in [-0.05, 0) is 0 Å². The predicted molar refractivity (Wildman–Crippen MR) is 116 cm³/mol. The average Bonchev–Trinajstić information content (AvgIpc) is 3.01. The van der Waals surface area contributed by atoms with Crippen molar-refractivity contribution in [2.75, 3.05) is 6.61 Å². The van der Waals surface area contributed by atoms with E-state index in [0.29, 0.717) is 18.6 Å². The fourth-order valence-electron chi connectivity index (χ4n) is 3.39. The Labute approximate surface area is 182 Å². The first-order chi connectivity index (χ1) is 14.2. The third kappa shape index (κ3) is 5.31. The maximum absolute atomic E-state index is 12.5. The van der Waals surface area contributed by atoms with Gasteiger partial charge < -0.3 is 0 Å². The number of nitrogens with one attached hydrogen (secondary N) is 1. The summed E-state index contributed by atoms with van der Waals surface area (Å²) in [6.45, 7) is 10.0. The topological polar surface area (TPSA) is 82.6 Å². The van der Waals surface area contributed by atoms with E-state index in [-0.39, 0.29) is 38.8 Å². The quantitative estimate of drug-likeness (QED) is 0.581. The van der Waals surface area contributed by atoms with Crippen LogP contribution in [-0.2, 0) is 14.2 Å². The number of benzene rings is 1. The second-order valence-corrected chi connectivity index (χ2v) is 10.9. The Balaban J connectivity index is 2.01. The zero-order chi connectivity index (χ0) is 21.9. The van der Waals surface area contributed by atoms with Crippen LogP contribution in [0.25, 0.3) is 0 Å². The van der Waals surface area contributed by atoms with Crippen LogP contribution in [0.4, 0.5) is 0 Å². The Morgan fingerprint density at radius 1 is 1.20 bits per heavy atom. The van der Waals surface area contributed by atoms with Crippen molar-refractivity contribution in [2.45, 2.75) is 70.1 Å². The average molecular weight is 481 g/mol. The summed E-state index contributed by atoms with van der Waals surface area (Å²) in [5.41, 5.74) is -0.400. The molecule has 1 aromatic carbocycles. The summed E-state index contributed by atoms with van der Waals surface area (Å²) in [4.78, 5) is 26.7. The maximum atomic E-state index is 12.5. The predicted octanol–water partition coefficient (Wildman–Crippen LogP) is 1.71. The van der Waals surface area contributed by atoms with Crippen LogP contribution < -0.4 is 15.7 Å². The van der Waals surface area contributed by atoms with Crippen LogP contribution in [0.15, 0.2) is 46.1 Å². The van der Waals surface area contributed by atoms with E-state index in [9.17, 15) is 9.59 Å². The summed E-state index contributed by atoms with van der Waals surface area (Å²) >= 11 is -0.127. The summed E-state index contributed by atoms with van der Waals surface area (Å²) in [5.74, 6) is 0. The molecule has 1 aromatic heterocycles. The van der Waals surface area contributed by atoms with Crippen LogP contribution >= 0.6 is 0 Å². The van der Waals surface area contributed by atoms with Gasteiger partial charge in [0.15, 0.2) is 0 Å². The Kier molecular flexibility index (Phi) is 7.37. The molecule has 0 bridgehead atoms. The summed E-state index contributed by atoms with van der Waals surface area (Å²) in [6.07, 6.45) is 1.30. The number of rotatable bonds is 8. The molecule has 3 atom stereocenters. The molecule has 0 amide bonds. The molecule has 0 saturated carbocycles. The van der Waals surface area contributed by atoms with Crippen molar-refractivity contribution in [3.63, 3.8) is 0 Å². The molecule has 1 N–H and O–H groups in total. The summed E-state index contributed by atoms with van der Waals surface area (Å²) in [6, 6.07) is 10.2. The van der Waals surface area contributed by atoms with Crippen LogP contribution in [0.2, 0.25) is 0 Å². The molecule has 2 heterocycles. The first-order valence-corrected chi connectivity index (χ1v) is 11.9. The second kappa shape index (κ2) is 9.62. The molecule has 1 saturated heterocycles. The van der Waals surface area contributed by atoms with Crippen LogP contribution in [0.1, 0.15) is 45.9 Å². The van der Waals surface area contributed by atoms with Crippen molar-refractivity contribution in [3.8, 4) is 0 Å². The van der Waals surface area contributed by atoms with Gasteiger partial charge in [-0.3, -0.25) is 0 Å². The van der Waals surface area contributed by atoms with Crippen LogP contribution in [0.3, 0.4) is 0 Å². The summed E-state index contributed by atoms with van der Waals surface area (Å²) in [7, 11) is 0. The fraction of sp³-hybridized carbons (Fsp3) is 0.545. The van der Waals surface area contributed by atoms with Crippen molar-refractivity contribution >= 4 is 19.4 Å². The molecular formula is C22H30N2O5Se. The van der Waals surface area contributed by atoms with E-state index < -0.39 is 16.4 Å². The Bertz CT molecular complexity index is 956. The normalized spacial score (nSPS) is 24.1. The van der Waals surface area contributed by atoms with Gasteiger partial charge in [0.05, 0.1) is 0 Å². The van der Waals surface area contributed by atoms with E-state index in [0.717, 1.165) is 0 Å². The minimum atomic E-state index is -0.697. The third-order valence-corrected chi connectivity index (χ3v) is 7.58. The van der Waals surface area contributed by atoms with E-state index in [1.807, 2.05) is 45.9 Å². The number of hydrogen-bond acceptors (Lipinski definition) is 5. The second-order valence-electron chi connectivity index (χ2n) is 8.05. The fourth-order valence-corrected chi connectivity index (χ4v) is 6.04. The van der Waals surface area contributed by atoms with Crippen molar-refractivity contribution < 1.29 is 14.2 Å². The van der Waals surface area contributed by atoms with E-state index in [2.05, 4.69) is 17.1 Å². The Morgan fingerprint density at radius 2 is 1.90 bits per heavy atom. The van der Waals surface area contributed by atoms with Gasteiger partial charge in [0.1, 0.15) is 0 Å². The third-order valence-electron chi connectivity index (χ3n) is 4.79. The minimum absolute atomic E-state index is 0.00335. The number of aromatic amines is 1. The molecule has 0 radical (unpaired) electrons. The molecule has 7 nitrogen and oxygen atoms in total. The van der Waals surface area contributed by atoms with Crippen LogP contribution in [-0.4, -0.2) is 53.9 Å². The SMILES string of the molecule is Cc1cn([C@H]2C[C@H](OC(C)C)[C@@](COC(C)C)([Se]c3ccccc3)O2)c(=O)[nH]c1=O. The first kappa shape index (κ1) is 23.0. The standard InChI is InChI=1S/C22H30N2O5Se/c1-14(2)27-13-22(30-17-9-7-6-8-10-17)18(28-15(3)4)11-19(29-22)24-12-16(5)20(25)23-21(24)26/h6-10,12,14-15,18-19H,11,13H2,1-5H3,(H,23,25,26)/t18-,19+,22+/m0/s1. The molecule has 30 heavy (non-hydrogen) atoms. The van der Waals surface area contributed by atoms with E-state index in [1.165, 1.54) is 9.03 Å². The molecule has 1 aliphatic rings. The molecule has 0 aliphatic carbocycles. The van der Waals surface area contributed by atoms with Gasteiger partial charge in [0.25, 0.3) is 0 Å². The number of H-pyrrole nitrogens is 1. The van der Waals surface area contributed by atoms with Crippen LogP contribution in [0.5, 0.6) is 0 Å². The van der Waals surface area contributed by atoms with E-state index in [4.69, 9.17) is 14.2 Å². The van der Waals surface area contributed by atoms with Crippen molar-refractivity contribution in [2.24, 2.45) is 0 Å². The Hall–Kier alpha value is -1.70. The van der Waals surface area contributed by atoms with Gasteiger partial charge in [-0.1, -0.05) is 0 Å². The molecule has 0 spiro atoms. The number of hydrogen-bond donors (Lipinski definition) is 1. The molecular weight excluding hydrogens is 451 g/mol. The summed E-state index contributed by atoms with van der Waals surface area (Å²) < 4.78 is 20.9. The monoisotopic (exact) mass is 482 g/mol. The van der Waals surface area contributed by atoms with Crippen molar-refractivity contribution in [3.05, 3.63) is 62.9 Å². The number of aryl methyl sites for hydroxylation is 1.